The van der Waals surface area contributed by atoms with Crippen molar-refractivity contribution in [1.29, 1.82) is 0 Å². The van der Waals surface area contributed by atoms with E-state index in [1.54, 1.807) is 0 Å². The van der Waals surface area contributed by atoms with Gasteiger partial charge in [-0.15, -0.1) is 0 Å². The molecule has 0 aromatic rings. The molecule has 0 heterocycles. The first kappa shape index (κ1) is 16.3. The van der Waals surface area contributed by atoms with E-state index in [0.29, 0.717) is 0 Å². The van der Waals surface area contributed by atoms with Gasteiger partial charge in [0, 0.05) is 12.8 Å². The van der Waals surface area contributed by atoms with Gasteiger partial charge in [0.1, 0.15) is 23.4 Å². The Morgan fingerprint density at radius 3 is 1.47 bits per heavy atom. The number of rotatable bonds is 2. The van der Waals surface area contributed by atoms with Crippen LogP contribution in [0.3, 0.4) is 0 Å². The summed E-state index contributed by atoms with van der Waals surface area (Å²) in [6.45, 7) is 0. The molecule has 17 heavy (non-hydrogen) atoms. The van der Waals surface area contributed by atoms with Crippen molar-refractivity contribution in [3.63, 3.8) is 0 Å². The van der Waals surface area contributed by atoms with Crippen LogP contribution in [0.25, 0.3) is 0 Å². The maximum atomic E-state index is 11.5. The minimum atomic E-state index is -1.07. The average Bonchev–Trinajstić information content (AvgIpc) is 2.29. The molecule has 0 N–H and O–H groups in total. The first-order chi connectivity index (χ1) is 7.51. The predicted molar refractivity (Wildman–Crippen MR) is 57.4 cm³/mol. The van der Waals surface area contributed by atoms with Crippen LogP contribution in [0, 0.1) is 11.8 Å². The fraction of sp³-hybridized carbons (Fsp3) is 0.600. The van der Waals surface area contributed by atoms with Crippen LogP contribution in [0.2, 0.25) is 0 Å². The van der Waals surface area contributed by atoms with Crippen molar-refractivity contribution < 1.29 is 28.7 Å². The molecule has 2 atom stereocenters. The molecule has 90 valence electrons. The second-order valence-electron chi connectivity index (χ2n) is 3.49. The van der Waals surface area contributed by atoms with Crippen molar-refractivity contribution in [3.05, 3.63) is 0 Å². The molecule has 1 aliphatic rings. The summed E-state index contributed by atoms with van der Waals surface area (Å²) in [7, 11) is 2.29. The summed E-state index contributed by atoms with van der Waals surface area (Å²) in [6.07, 6.45) is -0.573. The number of ketones is 2. The van der Waals surface area contributed by atoms with Crippen molar-refractivity contribution in [2.45, 2.75) is 12.8 Å². The van der Waals surface area contributed by atoms with E-state index in [0.717, 1.165) is 14.2 Å². The van der Waals surface area contributed by atoms with Crippen LogP contribution in [-0.4, -0.2) is 67.3 Å². The minimum absolute atomic E-state index is 0. The van der Waals surface area contributed by atoms with Gasteiger partial charge >= 0.3 is 41.5 Å². The average molecular weight is 252 g/mol. The topological polar surface area (TPSA) is 86.7 Å². The Labute approximate surface area is 120 Å². The van der Waals surface area contributed by atoms with Gasteiger partial charge in [0.05, 0.1) is 14.2 Å². The van der Waals surface area contributed by atoms with Gasteiger partial charge in [0.15, 0.2) is 0 Å². The van der Waals surface area contributed by atoms with Crippen LogP contribution < -0.4 is 0 Å². The Morgan fingerprint density at radius 2 is 1.24 bits per heavy atom. The number of carbonyl (C=O) groups is 4. The number of esters is 2. The molecule has 0 radical (unpaired) electrons. The van der Waals surface area contributed by atoms with Gasteiger partial charge in [-0.25, -0.2) is 0 Å². The number of Topliss-reactive ketones (excluding diaryl/α,β-unsaturated/α-hetero) is 2. The van der Waals surface area contributed by atoms with Crippen LogP contribution in [0.5, 0.6) is 0 Å². The van der Waals surface area contributed by atoms with Crippen molar-refractivity contribution in [3.8, 4) is 0 Å². The third-order valence-electron chi connectivity index (χ3n) is 2.56. The third kappa shape index (κ3) is 3.62. The summed E-state index contributed by atoms with van der Waals surface area (Å²) < 4.78 is 8.80. The van der Waals surface area contributed by atoms with Crippen LogP contribution >= 0.6 is 0 Å². The normalized spacial score (nSPS) is 23.6. The summed E-state index contributed by atoms with van der Waals surface area (Å²) in [5.41, 5.74) is 0. The molecule has 7 heteroatoms. The van der Waals surface area contributed by atoms with Gasteiger partial charge in [0.2, 0.25) is 0 Å². The van der Waals surface area contributed by atoms with E-state index in [4.69, 9.17) is 0 Å². The van der Waals surface area contributed by atoms with Gasteiger partial charge < -0.3 is 9.47 Å². The zero-order chi connectivity index (χ0) is 12.3. The molecule has 1 aliphatic carbocycles. The fourth-order valence-corrected chi connectivity index (χ4v) is 1.63. The van der Waals surface area contributed by atoms with E-state index < -0.39 is 35.3 Å². The predicted octanol–water partition coefficient (Wildman–Crippen LogP) is -1.15. The van der Waals surface area contributed by atoms with Crippen LogP contribution in [-0.2, 0) is 28.7 Å². The molecule has 0 aromatic heterocycles. The zero-order valence-electron chi connectivity index (χ0n) is 9.02. The van der Waals surface area contributed by atoms with Gasteiger partial charge in [-0.1, -0.05) is 0 Å². The van der Waals surface area contributed by atoms with E-state index in [1.165, 1.54) is 0 Å². The molecule has 1 fully saturated rings. The third-order valence-corrected chi connectivity index (χ3v) is 2.56. The standard InChI is InChI=1S/C10H12O6.Na.H/c1-15-9(13)5-3-8(12)6(4-7(5)11)10(14)16-2;;/h5-6H,3-4H2,1-2H3;;. The first-order valence-corrected chi connectivity index (χ1v) is 4.72. The first-order valence-electron chi connectivity index (χ1n) is 4.72. The van der Waals surface area contributed by atoms with E-state index in [-0.39, 0.29) is 42.4 Å². The molecule has 0 amide bonds. The van der Waals surface area contributed by atoms with Gasteiger partial charge in [0.25, 0.3) is 0 Å². The molecule has 0 spiro atoms. The summed E-state index contributed by atoms with van der Waals surface area (Å²) in [5, 5.41) is 0. The van der Waals surface area contributed by atoms with Crippen molar-refractivity contribution in [1.82, 2.24) is 0 Å². The van der Waals surface area contributed by atoms with E-state index in [9.17, 15) is 19.2 Å². The Hall–Kier alpha value is -0.720. The Kier molecular flexibility index (Phi) is 6.59. The number of hydrogen-bond acceptors (Lipinski definition) is 6. The molecule has 1 saturated carbocycles. The van der Waals surface area contributed by atoms with Crippen molar-refractivity contribution >= 4 is 53.1 Å². The van der Waals surface area contributed by atoms with Gasteiger partial charge in [-0.2, -0.15) is 0 Å². The Morgan fingerprint density at radius 1 is 0.941 bits per heavy atom. The van der Waals surface area contributed by atoms with Crippen LogP contribution in [0.15, 0.2) is 0 Å². The molecular weight excluding hydrogens is 239 g/mol. The van der Waals surface area contributed by atoms with Gasteiger partial charge in [-0.3, -0.25) is 19.2 Å². The monoisotopic (exact) mass is 252 g/mol. The summed E-state index contributed by atoms with van der Waals surface area (Å²) in [5.74, 6) is -4.52. The molecule has 0 saturated heterocycles. The van der Waals surface area contributed by atoms with Crippen molar-refractivity contribution in [2.75, 3.05) is 14.2 Å². The zero-order valence-corrected chi connectivity index (χ0v) is 9.02. The van der Waals surface area contributed by atoms with Gasteiger partial charge in [-0.05, 0) is 0 Å². The molecule has 6 nitrogen and oxygen atoms in total. The fourth-order valence-electron chi connectivity index (χ4n) is 1.63. The molecular formula is C10H13NaO6. The summed E-state index contributed by atoms with van der Waals surface area (Å²) in [4.78, 5) is 45.3. The number of carbonyl (C=O) groups excluding carboxylic acids is 4. The summed E-state index contributed by atoms with van der Waals surface area (Å²) in [6, 6.07) is 0. The second kappa shape index (κ2) is 6.88. The quantitative estimate of drug-likeness (QED) is 0.350. The Bertz CT molecular complexity index is 317. The molecule has 0 aliphatic heterocycles. The van der Waals surface area contributed by atoms with Crippen molar-refractivity contribution in [2.24, 2.45) is 11.8 Å². The van der Waals surface area contributed by atoms with Crippen LogP contribution in [0.1, 0.15) is 12.8 Å². The van der Waals surface area contributed by atoms with E-state index >= 15 is 0 Å². The van der Waals surface area contributed by atoms with Crippen LogP contribution in [0.4, 0.5) is 0 Å². The number of methoxy groups -OCH3 is 2. The maximum absolute atomic E-state index is 11.5. The second-order valence-corrected chi connectivity index (χ2v) is 3.49. The number of ether oxygens (including phenoxy) is 2. The summed E-state index contributed by atoms with van der Waals surface area (Å²) >= 11 is 0. The van der Waals surface area contributed by atoms with E-state index in [2.05, 4.69) is 9.47 Å². The SMILES string of the molecule is COC(=O)C1CC(=O)C(C(=O)OC)CC1=O.[NaH]. The molecule has 1 rings (SSSR count). The molecule has 0 aromatic carbocycles. The molecule has 0 bridgehead atoms. The van der Waals surface area contributed by atoms with E-state index in [1.807, 2.05) is 0 Å². The molecule has 2 unspecified atom stereocenters. The number of hydrogen-bond donors (Lipinski definition) is 0. The Balaban J connectivity index is 0.00000256.